The molecule has 0 atom stereocenters. The van der Waals surface area contributed by atoms with Crippen molar-refractivity contribution in [1.29, 1.82) is 0 Å². The monoisotopic (exact) mass is 240 g/mol. The molecule has 86 valence electrons. The summed E-state index contributed by atoms with van der Waals surface area (Å²) in [5.74, 6) is 0.359. The molecule has 0 spiro atoms. The number of nitrogens with two attached hydrogens (primary N) is 1. The van der Waals surface area contributed by atoms with Crippen molar-refractivity contribution in [3.63, 3.8) is 0 Å². The maximum absolute atomic E-state index is 11.3. The van der Waals surface area contributed by atoms with E-state index in [9.17, 15) is 4.79 Å². The Morgan fingerprint density at radius 2 is 2.31 bits per heavy atom. The van der Waals surface area contributed by atoms with Crippen LogP contribution in [0.25, 0.3) is 0 Å². The number of halogens is 1. The highest BCUT2D eigenvalue weighted by atomic mass is 35.5. The zero-order valence-electron chi connectivity index (χ0n) is 8.70. The van der Waals surface area contributed by atoms with Gasteiger partial charge in [-0.25, -0.2) is 0 Å². The third-order valence-electron chi connectivity index (χ3n) is 2.26. The first kappa shape index (κ1) is 11.1. The molecule has 2 rings (SSSR count). The second-order valence-corrected chi connectivity index (χ2v) is 4.23. The maximum Gasteiger partial charge on any atom is 0.258 e. The van der Waals surface area contributed by atoms with E-state index in [2.05, 4.69) is 5.32 Å². The molecule has 1 saturated carbocycles. The number of ether oxygens (including phenoxy) is 1. The first-order chi connectivity index (χ1) is 7.65. The summed E-state index contributed by atoms with van der Waals surface area (Å²) < 4.78 is 5.28. The van der Waals surface area contributed by atoms with Gasteiger partial charge in [-0.05, 0) is 31.0 Å². The second kappa shape index (κ2) is 4.61. The number of carbonyl (C=O) groups is 1. The van der Waals surface area contributed by atoms with Crippen LogP contribution in [0.5, 0.6) is 5.75 Å². The number of carbonyl (C=O) groups excluding carboxylic acids is 1. The Labute approximate surface area is 98.7 Å². The molecule has 1 fully saturated rings. The molecule has 1 aromatic carbocycles. The third kappa shape index (κ3) is 3.03. The molecule has 16 heavy (non-hydrogen) atoms. The summed E-state index contributed by atoms with van der Waals surface area (Å²) in [5, 5.41) is 3.24. The van der Waals surface area contributed by atoms with Crippen molar-refractivity contribution in [3.05, 3.63) is 23.2 Å². The smallest absolute Gasteiger partial charge is 0.258 e. The van der Waals surface area contributed by atoms with Crippen molar-refractivity contribution < 1.29 is 9.53 Å². The minimum absolute atomic E-state index is 0.0138. The Hall–Kier alpha value is -1.42. The number of rotatable bonds is 4. The first-order valence-electron chi connectivity index (χ1n) is 5.12. The summed E-state index contributed by atoms with van der Waals surface area (Å²) in [5.41, 5.74) is 6.11. The molecule has 0 aromatic heterocycles. The standard InChI is InChI=1S/C11H13ClN2O2/c12-9-5-7(13)1-4-10(9)16-6-11(15)14-8-2-3-8/h1,4-5,8H,2-3,6,13H2,(H,14,15). The van der Waals surface area contributed by atoms with Crippen LogP contribution in [0.4, 0.5) is 5.69 Å². The molecular formula is C11H13ClN2O2. The second-order valence-electron chi connectivity index (χ2n) is 3.82. The Morgan fingerprint density at radius 1 is 1.56 bits per heavy atom. The van der Waals surface area contributed by atoms with Crippen LogP contribution < -0.4 is 15.8 Å². The minimum Gasteiger partial charge on any atom is -0.482 e. The Bertz CT molecular complexity index is 405. The lowest BCUT2D eigenvalue weighted by molar-refractivity contribution is -0.123. The van der Waals surface area contributed by atoms with Crippen LogP contribution in [0.1, 0.15) is 12.8 Å². The van der Waals surface area contributed by atoms with Gasteiger partial charge in [0.1, 0.15) is 5.75 Å². The van der Waals surface area contributed by atoms with Crippen molar-refractivity contribution in [3.8, 4) is 5.75 Å². The molecule has 0 aliphatic heterocycles. The zero-order chi connectivity index (χ0) is 11.5. The average Bonchev–Trinajstić information content (AvgIpc) is 3.00. The van der Waals surface area contributed by atoms with Gasteiger partial charge in [-0.1, -0.05) is 11.6 Å². The fourth-order valence-corrected chi connectivity index (χ4v) is 1.52. The van der Waals surface area contributed by atoms with Crippen LogP contribution in [-0.4, -0.2) is 18.6 Å². The van der Waals surface area contributed by atoms with Gasteiger partial charge in [-0.15, -0.1) is 0 Å². The van der Waals surface area contributed by atoms with Crippen LogP contribution in [0.3, 0.4) is 0 Å². The molecule has 1 aliphatic carbocycles. The maximum atomic E-state index is 11.3. The molecule has 0 bridgehead atoms. The molecule has 0 radical (unpaired) electrons. The van der Waals surface area contributed by atoms with Crippen molar-refractivity contribution in [2.75, 3.05) is 12.3 Å². The largest absolute Gasteiger partial charge is 0.482 e. The van der Waals surface area contributed by atoms with Crippen LogP contribution in [0.15, 0.2) is 18.2 Å². The molecule has 1 amide bonds. The van der Waals surface area contributed by atoms with E-state index in [4.69, 9.17) is 22.1 Å². The van der Waals surface area contributed by atoms with Crippen LogP contribution in [0, 0.1) is 0 Å². The molecule has 0 heterocycles. The fraction of sp³-hybridized carbons (Fsp3) is 0.364. The van der Waals surface area contributed by atoms with Gasteiger partial charge >= 0.3 is 0 Å². The Kier molecular flexibility index (Phi) is 3.19. The minimum atomic E-state index is -0.115. The van der Waals surface area contributed by atoms with E-state index in [1.807, 2.05) is 0 Å². The normalized spacial score (nSPS) is 14.6. The predicted octanol–water partition coefficient (Wildman–Crippen LogP) is 1.58. The highest BCUT2D eigenvalue weighted by molar-refractivity contribution is 6.32. The third-order valence-corrected chi connectivity index (χ3v) is 2.55. The van der Waals surface area contributed by atoms with Gasteiger partial charge < -0.3 is 15.8 Å². The van der Waals surface area contributed by atoms with E-state index in [-0.39, 0.29) is 12.5 Å². The van der Waals surface area contributed by atoms with Gasteiger partial charge in [-0.2, -0.15) is 0 Å². The lowest BCUT2D eigenvalue weighted by atomic mass is 10.3. The molecule has 1 aliphatic rings. The highest BCUT2D eigenvalue weighted by Gasteiger charge is 2.23. The van der Waals surface area contributed by atoms with Crippen molar-refractivity contribution in [2.24, 2.45) is 0 Å². The Balaban J connectivity index is 1.85. The van der Waals surface area contributed by atoms with Crippen LogP contribution >= 0.6 is 11.6 Å². The van der Waals surface area contributed by atoms with E-state index in [1.165, 1.54) is 0 Å². The van der Waals surface area contributed by atoms with Gasteiger partial charge in [0.25, 0.3) is 5.91 Å². The SMILES string of the molecule is Nc1ccc(OCC(=O)NC2CC2)c(Cl)c1. The quantitative estimate of drug-likeness (QED) is 0.786. The fourth-order valence-electron chi connectivity index (χ4n) is 1.27. The summed E-state index contributed by atoms with van der Waals surface area (Å²) in [6, 6.07) is 5.27. The average molecular weight is 241 g/mol. The summed E-state index contributed by atoms with van der Waals surface area (Å²) >= 11 is 5.89. The topological polar surface area (TPSA) is 64.3 Å². The van der Waals surface area contributed by atoms with Gasteiger partial charge in [0.2, 0.25) is 0 Å². The van der Waals surface area contributed by atoms with E-state index in [0.717, 1.165) is 12.8 Å². The molecule has 3 N–H and O–H groups in total. The van der Waals surface area contributed by atoms with Gasteiger partial charge in [-0.3, -0.25) is 4.79 Å². The van der Waals surface area contributed by atoms with Crippen molar-refractivity contribution in [1.82, 2.24) is 5.32 Å². The highest BCUT2D eigenvalue weighted by Crippen LogP contribution is 2.26. The lowest BCUT2D eigenvalue weighted by Gasteiger charge is -2.08. The van der Waals surface area contributed by atoms with Gasteiger partial charge in [0, 0.05) is 11.7 Å². The summed E-state index contributed by atoms with van der Waals surface area (Å²) in [6.45, 7) is -0.0138. The molecular weight excluding hydrogens is 228 g/mol. The lowest BCUT2D eigenvalue weighted by Crippen LogP contribution is -2.30. The van der Waals surface area contributed by atoms with Crippen molar-refractivity contribution >= 4 is 23.2 Å². The van der Waals surface area contributed by atoms with E-state index in [0.29, 0.717) is 22.5 Å². The van der Waals surface area contributed by atoms with Crippen molar-refractivity contribution in [2.45, 2.75) is 18.9 Å². The van der Waals surface area contributed by atoms with Gasteiger partial charge in [0.15, 0.2) is 6.61 Å². The summed E-state index contributed by atoms with van der Waals surface area (Å²) in [7, 11) is 0. The number of nitrogens with one attached hydrogen (secondary N) is 1. The molecule has 0 saturated heterocycles. The Morgan fingerprint density at radius 3 is 2.94 bits per heavy atom. The number of benzene rings is 1. The number of nitrogen functional groups attached to an aromatic ring is 1. The number of hydrogen-bond donors (Lipinski definition) is 2. The molecule has 5 heteroatoms. The van der Waals surface area contributed by atoms with Gasteiger partial charge in [0.05, 0.1) is 5.02 Å². The predicted molar refractivity (Wildman–Crippen MR) is 62.5 cm³/mol. The molecule has 4 nitrogen and oxygen atoms in total. The van der Waals surface area contributed by atoms with E-state index >= 15 is 0 Å². The summed E-state index contributed by atoms with van der Waals surface area (Å²) in [4.78, 5) is 11.3. The number of anilines is 1. The van der Waals surface area contributed by atoms with E-state index < -0.39 is 0 Å². The molecule has 0 unspecified atom stereocenters. The summed E-state index contributed by atoms with van der Waals surface area (Å²) in [6.07, 6.45) is 2.13. The number of hydrogen-bond acceptors (Lipinski definition) is 3. The van der Waals surface area contributed by atoms with E-state index in [1.54, 1.807) is 18.2 Å². The zero-order valence-corrected chi connectivity index (χ0v) is 9.46. The van der Waals surface area contributed by atoms with Crippen LogP contribution in [-0.2, 0) is 4.79 Å². The first-order valence-corrected chi connectivity index (χ1v) is 5.50. The number of amides is 1. The van der Waals surface area contributed by atoms with Crippen LogP contribution in [0.2, 0.25) is 5.02 Å². The molecule has 1 aromatic rings.